The van der Waals surface area contributed by atoms with Gasteiger partial charge < -0.3 is 10.2 Å². The molecule has 0 fully saturated rings. The first kappa shape index (κ1) is 14.4. The number of thioether (sulfide) groups is 1. The molecular formula is C14H24N2S. The molecule has 0 amide bonds. The molecule has 0 heterocycles. The first-order chi connectivity index (χ1) is 8.13. The molecule has 1 N–H and O–H groups in total. The fourth-order valence-electron chi connectivity index (χ4n) is 1.67. The number of nitrogens with zero attached hydrogens (tertiary/aromatic N) is 1. The molecular weight excluding hydrogens is 228 g/mol. The Bertz CT molecular complexity index is 309. The van der Waals surface area contributed by atoms with Gasteiger partial charge in [0.25, 0.3) is 0 Å². The molecule has 0 saturated carbocycles. The summed E-state index contributed by atoms with van der Waals surface area (Å²) in [5, 5.41) is 3.82. The molecule has 17 heavy (non-hydrogen) atoms. The third-order valence-electron chi connectivity index (χ3n) is 2.57. The standard InChI is InChI=1S/C14H24N2S/c1-12(2)17-14-8-6-13(7-9-14)16(4)11-5-10-15-3/h6-9,12,15H,5,10-11H2,1-4H3. The van der Waals surface area contributed by atoms with E-state index < -0.39 is 0 Å². The molecule has 0 aliphatic carbocycles. The molecule has 1 aromatic rings. The van der Waals surface area contributed by atoms with E-state index in [4.69, 9.17) is 0 Å². The lowest BCUT2D eigenvalue weighted by Gasteiger charge is -2.19. The lowest BCUT2D eigenvalue weighted by Crippen LogP contribution is -2.22. The smallest absolute Gasteiger partial charge is 0.0364 e. The second-order valence-corrected chi connectivity index (χ2v) is 6.19. The lowest BCUT2D eigenvalue weighted by atomic mass is 10.3. The average molecular weight is 252 g/mol. The van der Waals surface area contributed by atoms with Crippen molar-refractivity contribution >= 4 is 17.4 Å². The van der Waals surface area contributed by atoms with Crippen molar-refractivity contribution < 1.29 is 0 Å². The van der Waals surface area contributed by atoms with Crippen LogP contribution in [0.25, 0.3) is 0 Å². The molecule has 0 spiro atoms. The summed E-state index contributed by atoms with van der Waals surface area (Å²) in [5.74, 6) is 0. The monoisotopic (exact) mass is 252 g/mol. The van der Waals surface area contributed by atoms with Crippen LogP contribution in [-0.4, -0.2) is 32.4 Å². The molecule has 0 aliphatic heterocycles. The third kappa shape index (κ3) is 5.46. The van der Waals surface area contributed by atoms with Gasteiger partial charge in [0.15, 0.2) is 0 Å². The normalized spacial score (nSPS) is 10.9. The van der Waals surface area contributed by atoms with Crippen molar-refractivity contribution in [2.75, 3.05) is 32.1 Å². The summed E-state index contributed by atoms with van der Waals surface area (Å²) >= 11 is 1.91. The van der Waals surface area contributed by atoms with E-state index in [9.17, 15) is 0 Å². The Labute approximate surface area is 110 Å². The van der Waals surface area contributed by atoms with Crippen LogP contribution in [0.15, 0.2) is 29.2 Å². The van der Waals surface area contributed by atoms with Gasteiger partial charge >= 0.3 is 0 Å². The van der Waals surface area contributed by atoms with Crippen LogP contribution in [0.2, 0.25) is 0 Å². The molecule has 0 aromatic heterocycles. The van der Waals surface area contributed by atoms with E-state index >= 15 is 0 Å². The van der Waals surface area contributed by atoms with Gasteiger partial charge in [0, 0.05) is 29.4 Å². The Kier molecular flexibility index (Phi) is 6.45. The van der Waals surface area contributed by atoms with Crippen LogP contribution >= 0.6 is 11.8 Å². The van der Waals surface area contributed by atoms with E-state index in [-0.39, 0.29) is 0 Å². The van der Waals surface area contributed by atoms with Gasteiger partial charge in [0.1, 0.15) is 0 Å². The van der Waals surface area contributed by atoms with Crippen LogP contribution in [0, 0.1) is 0 Å². The first-order valence-corrected chi connectivity index (χ1v) is 7.14. The molecule has 0 aliphatic rings. The van der Waals surface area contributed by atoms with Crippen LogP contribution in [0.3, 0.4) is 0 Å². The third-order valence-corrected chi connectivity index (χ3v) is 3.59. The maximum atomic E-state index is 3.18. The summed E-state index contributed by atoms with van der Waals surface area (Å²) in [5.41, 5.74) is 1.30. The number of benzene rings is 1. The summed E-state index contributed by atoms with van der Waals surface area (Å²) in [6.07, 6.45) is 1.18. The van der Waals surface area contributed by atoms with Gasteiger partial charge in [0.05, 0.1) is 0 Å². The molecule has 1 rings (SSSR count). The fraction of sp³-hybridized carbons (Fsp3) is 0.571. The second kappa shape index (κ2) is 7.62. The Balaban J connectivity index is 2.48. The highest BCUT2D eigenvalue weighted by Gasteiger charge is 2.02. The van der Waals surface area contributed by atoms with Crippen LogP contribution in [0.4, 0.5) is 5.69 Å². The number of rotatable bonds is 7. The zero-order chi connectivity index (χ0) is 12.7. The highest BCUT2D eigenvalue weighted by atomic mass is 32.2. The summed E-state index contributed by atoms with van der Waals surface area (Å²) in [6.45, 7) is 6.62. The molecule has 0 unspecified atom stereocenters. The number of hydrogen-bond acceptors (Lipinski definition) is 3. The van der Waals surface area contributed by atoms with E-state index in [1.165, 1.54) is 17.0 Å². The topological polar surface area (TPSA) is 15.3 Å². The maximum Gasteiger partial charge on any atom is 0.0364 e. The van der Waals surface area contributed by atoms with Crippen molar-refractivity contribution in [3.63, 3.8) is 0 Å². The molecule has 3 heteroatoms. The SMILES string of the molecule is CNCCCN(C)c1ccc(SC(C)C)cc1. The van der Waals surface area contributed by atoms with E-state index in [2.05, 4.69) is 55.4 Å². The van der Waals surface area contributed by atoms with Crippen LogP contribution < -0.4 is 10.2 Å². The van der Waals surface area contributed by atoms with E-state index in [0.717, 1.165) is 13.1 Å². The van der Waals surface area contributed by atoms with Crippen molar-refractivity contribution in [1.29, 1.82) is 0 Å². The predicted molar refractivity (Wildman–Crippen MR) is 79.2 cm³/mol. The van der Waals surface area contributed by atoms with Gasteiger partial charge in [-0.05, 0) is 44.3 Å². The van der Waals surface area contributed by atoms with Gasteiger partial charge in [0.2, 0.25) is 0 Å². The molecule has 0 atom stereocenters. The molecule has 1 aromatic carbocycles. The first-order valence-electron chi connectivity index (χ1n) is 6.26. The Morgan fingerprint density at radius 1 is 1.24 bits per heavy atom. The van der Waals surface area contributed by atoms with Gasteiger partial charge in [-0.15, -0.1) is 11.8 Å². The minimum atomic E-state index is 0.647. The van der Waals surface area contributed by atoms with Crippen molar-refractivity contribution in [3.05, 3.63) is 24.3 Å². The highest BCUT2D eigenvalue weighted by Crippen LogP contribution is 2.25. The summed E-state index contributed by atoms with van der Waals surface area (Å²) in [4.78, 5) is 3.66. The number of nitrogens with one attached hydrogen (secondary N) is 1. The Hall–Kier alpha value is -0.670. The Morgan fingerprint density at radius 2 is 1.88 bits per heavy atom. The number of hydrogen-bond donors (Lipinski definition) is 1. The summed E-state index contributed by atoms with van der Waals surface area (Å²) < 4.78 is 0. The van der Waals surface area contributed by atoms with Crippen LogP contribution in [-0.2, 0) is 0 Å². The fourth-order valence-corrected chi connectivity index (χ4v) is 2.51. The van der Waals surface area contributed by atoms with Gasteiger partial charge in [-0.1, -0.05) is 13.8 Å². The predicted octanol–water partition coefficient (Wildman–Crippen LogP) is 3.23. The minimum Gasteiger partial charge on any atom is -0.375 e. The van der Waals surface area contributed by atoms with E-state index in [0.29, 0.717) is 5.25 Å². The zero-order valence-corrected chi connectivity index (χ0v) is 12.2. The Morgan fingerprint density at radius 3 is 2.41 bits per heavy atom. The molecule has 2 nitrogen and oxygen atoms in total. The largest absolute Gasteiger partial charge is 0.375 e. The van der Waals surface area contributed by atoms with Gasteiger partial charge in [-0.25, -0.2) is 0 Å². The van der Waals surface area contributed by atoms with Crippen LogP contribution in [0.1, 0.15) is 20.3 Å². The highest BCUT2D eigenvalue weighted by molar-refractivity contribution is 7.99. The van der Waals surface area contributed by atoms with Crippen molar-refractivity contribution in [2.45, 2.75) is 30.4 Å². The molecule has 0 radical (unpaired) electrons. The maximum absolute atomic E-state index is 3.18. The van der Waals surface area contributed by atoms with Crippen LogP contribution in [0.5, 0.6) is 0 Å². The summed E-state index contributed by atoms with van der Waals surface area (Å²) in [7, 11) is 4.15. The molecule has 96 valence electrons. The average Bonchev–Trinajstić information content (AvgIpc) is 2.29. The molecule has 0 saturated heterocycles. The van der Waals surface area contributed by atoms with E-state index in [1.807, 2.05) is 18.8 Å². The number of anilines is 1. The zero-order valence-electron chi connectivity index (χ0n) is 11.4. The van der Waals surface area contributed by atoms with Crippen molar-refractivity contribution in [3.8, 4) is 0 Å². The summed E-state index contributed by atoms with van der Waals surface area (Å²) in [6, 6.07) is 8.86. The van der Waals surface area contributed by atoms with Crippen molar-refractivity contribution in [2.24, 2.45) is 0 Å². The lowest BCUT2D eigenvalue weighted by molar-refractivity contribution is 0.713. The van der Waals surface area contributed by atoms with Gasteiger partial charge in [-0.3, -0.25) is 0 Å². The second-order valence-electron chi connectivity index (χ2n) is 4.54. The minimum absolute atomic E-state index is 0.647. The van der Waals surface area contributed by atoms with Crippen molar-refractivity contribution in [1.82, 2.24) is 5.32 Å². The van der Waals surface area contributed by atoms with E-state index in [1.54, 1.807) is 0 Å². The molecule has 0 bridgehead atoms. The quantitative estimate of drug-likeness (QED) is 0.592. The van der Waals surface area contributed by atoms with Gasteiger partial charge in [-0.2, -0.15) is 0 Å².